The lowest BCUT2D eigenvalue weighted by Crippen LogP contribution is -2.37. The molecular weight excluding hydrogens is 312 g/mol. The maximum absolute atomic E-state index is 12.2. The fourth-order valence-corrected chi connectivity index (χ4v) is 3.44. The molecule has 0 fully saturated rings. The number of ether oxygens (including phenoxy) is 1. The number of fused-ring (bicyclic) bond motifs is 1. The molecule has 1 aliphatic rings. The summed E-state index contributed by atoms with van der Waals surface area (Å²) >= 11 is 0. The number of aryl methyl sites for hydroxylation is 1. The summed E-state index contributed by atoms with van der Waals surface area (Å²) in [7, 11) is 0. The number of hydrogen-bond donors (Lipinski definition) is 1. The number of nitrogens with one attached hydrogen (secondary N) is 1. The molecule has 4 heteroatoms. The summed E-state index contributed by atoms with van der Waals surface area (Å²) in [4.78, 5) is 16.7. The Morgan fingerprint density at radius 3 is 2.80 bits per heavy atom. The summed E-state index contributed by atoms with van der Waals surface area (Å²) in [5, 5.41) is 3.06. The van der Waals surface area contributed by atoms with Crippen LogP contribution in [0.2, 0.25) is 0 Å². The standard InChI is InChI=1S/C21H26N2O2/c1-4-15(5-2)21(24)23-13-17-12-16-10-14(3)11-18(20(16)25-17)19-8-6-7-9-22-19/h6-11,15,17H,4-5,12-13H2,1-3H3,(H,23,24). The predicted octanol–water partition coefficient (Wildman–Crippen LogP) is 3.91. The summed E-state index contributed by atoms with van der Waals surface area (Å²) in [6.07, 6.45) is 4.35. The molecule has 0 spiro atoms. The van der Waals surface area contributed by atoms with Crippen molar-refractivity contribution in [1.82, 2.24) is 10.3 Å². The molecule has 2 aromatic rings. The van der Waals surface area contributed by atoms with Crippen LogP contribution < -0.4 is 10.1 Å². The molecule has 1 atom stereocenters. The summed E-state index contributed by atoms with van der Waals surface area (Å²) in [5.74, 6) is 1.13. The SMILES string of the molecule is CCC(CC)C(=O)NCC1Cc2cc(C)cc(-c3ccccn3)c2O1. The molecule has 1 aromatic carbocycles. The van der Waals surface area contributed by atoms with E-state index in [9.17, 15) is 4.79 Å². The molecule has 132 valence electrons. The van der Waals surface area contributed by atoms with Crippen molar-refractivity contribution >= 4 is 5.91 Å². The fourth-order valence-electron chi connectivity index (χ4n) is 3.44. The van der Waals surface area contributed by atoms with E-state index in [1.807, 2.05) is 18.2 Å². The molecule has 3 rings (SSSR count). The van der Waals surface area contributed by atoms with Crippen LogP contribution in [-0.2, 0) is 11.2 Å². The van der Waals surface area contributed by atoms with Crippen LogP contribution in [0.15, 0.2) is 36.5 Å². The van der Waals surface area contributed by atoms with E-state index in [4.69, 9.17) is 4.74 Å². The third-order valence-electron chi connectivity index (χ3n) is 4.84. The molecule has 1 aromatic heterocycles. The van der Waals surface area contributed by atoms with E-state index < -0.39 is 0 Å². The maximum atomic E-state index is 12.2. The van der Waals surface area contributed by atoms with Crippen molar-refractivity contribution in [1.29, 1.82) is 0 Å². The fraction of sp³-hybridized carbons (Fsp3) is 0.429. The molecule has 1 aliphatic heterocycles. The van der Waals surface area contributed by atoms with Gasteiger partial charge in [-0.05, 0) is 49.1 Å². The Labute approximate surface area is 149 Å². The first-order valence-corrected chi connectivity index (χ1v) is 9.11. The quantitative estimate of drug-likeness (QED) is 0.869. The van der Waals surface area contributed by atoms with Crippen LogP contribution in [0.3, 0.4) is 0 Å². The van der Waals surface area contributed by atoms with Crippen molar-refractivity contribution in [3.05, 3.63) is 47.7 Å². The first-order valence-electron chi connectivity index (χ1n) is 9.11. The van der Waals surface area contributed by atoms with Crippen LogP contribution in [-0.4, -0.2) is 23.5 Å². The second kappa shape index (κ2) is 7.68. The van der Waals surface area contributed by atoms with Crippen LogP contribution in [0.5, 0.6) is 5.75 Å². The average molecular weight is 338 g/mol. The summed E-state index contributed by atoms with van der Waals surface area (Å²) in [5.41, 5.74) is 4.35. The minimum Gasteiger partial charge on any atom is -0.487 e. The van der Waals surface area contributed by atoms with E-state index in [0.717, 1.165) is 36.3 Å². The largest absolute Gasteiger partial charge is 0.487 e. The third kappa shape index (κ3) is 3.84. The van der Waals surface area contributed by atoms with Gasteiger partial charge in [0.15, 0.2) is 0 Å². The summed E-state index contributed by atoms with van der Waals surface area (Å²) < 4.78 is 6.19. The molecule has 0 saturated carbocycles. The highest BCUT2D eigenvalue weighted by molar-refractivity contribution is 5.78. The van der Waals surface area contributed by atoms with Crippen LogP contribution in [0.1, 0.15) is 37.8 Å². The van der Waals surface area contributed by atoms with Crippen molar-refractivity contribution in [3.8, 4) is 17.0 Å². The second-order valence-corrected chi connectivity index (χ2v) is 6.72. The van der Waals surface area contributed by atoms with Crippen LogP contribution in [0, 0.1) is 12.8 Å². The number of aromatic nitrogens is 1. The molecule has 1 unspecified atom stereocenters. The number of hydrogen-bond acceptors (Lipinski definition) is 3. The Balaban J connectivity index is 1.74. The third-order valence-corrected chi connectivity index (χ3v) is 4.84. The number of nitrogens with zero attached hydrogens (tertiary/aromatic N) is 1. The average Bonchev–Trinajstić information content (AvgIpc) is 3.03. The molecule has 0 radical (unpaired) electrons. The zero-order valence-corrected chi connectivity index (χ0v) is 15.2. The van der Waals surface area contributed by atoms with Gasteiger partial charge in [-0.25, -0.2) is 0 Å². The maximum Gasteiger partial charge on any atom is 0.223 e. The Hall–Kier alpha value is -2.36. The van der Waals surface area contributed by atoms with Gasteiger partial charge in [0, 0.05) is 24.1 Å². The smallest absolute Gasteiger partial charge is 0.223 e. The van der Waals surface area contributed by atoms with Crippen LogP contribution in [0.4, 0.5) is 0 Å². The zero-order valence-electron chi connectivity index (χ0n) is 15.2. The van der Waals surface area contributed by atoms with Gasteiger partial charge in [0.05, 0.1) is 12.2 Å². The Morgan fingerprint density at radius 1 is 1.32 bits per heavy atom. The van der Waals surface area contributed by atoms with Gasteiger partial charge in [-0.3, -0.25) is 9.78 Å². The highest BCUT2D eigenvalue weighted by atomic mass is 16.5. The van der Waals surface area contributed by atoms with Crippen molar-refractivity contribution < 1.29 is 9.53 Å². The van der Waals surface area contributed by atoms with Crippen LogP contribution in [0.25, 0.3) is 11.3 Å². The number of rotatable bonds is 6. The first kappa shape index (κ1) is 17.5. The van der Waals surface area contributed by atoms with Gasteiger partial charge in [-0.1, -0.05) is 26.0 Å². The molecular formula is C21H26N2O2. The molecule has 0 aliphatic carbocycles. The molecule has 1 N–H and O–H groups in total. The molecule has 4 nitrogen and oxygen atoms in total. The van der Waals surface area contributed by atoms with Gasteiger partial charge in [0.2, 0.25) is 5.91 Å². The summed E-state index contributed by atoms with van der Waals surface area (Å²) in [6.45, 7) is 6.74. The lowest BCUT2D eigenvalue weighted by Gasteiger charge is -2.16. The first-order chi connectivity index (χ1) is 12.1. The number of amides is 1. The molecule has 0 bridgehead atoms. The van der Waals surface area contributed by atoms with Gasteiger partial charge in [-0.15, -0.1) is 0 Å². The number of carbonyl (C=O) groups is 1. The van der Waals surface area contributed by atoms with Gasteiger partial charge < -0.3 is 10.1 Å². The van der Waals surface area contributed by atoms with E-state index in [1.165, 1.54) is 11.1 Å². The van der Waals surface area contributed by atoms with Gasteiger partial charge in [-0.2, -0.15) is 0 Å². The number of benzene rings is 1. The lowest BCUT2D eigenvalue weighted by atomic mass is 10.0. The normalized spacial score (nSPS) is 15.8. The molecule has 25 heavy (non-hydrogen) atoms. The topological polar surface area (TPSA) is 51.2 Å². The van der Waals surface area contributed by atoms with E-state index in [2.05, 4.69) is 43.2 Å². The monoisotopic (exact) mass is 338 g/mol. The van der Waals surface area contributed by atoms with E-state index >= 15 is 0 Å². The Kier molecular flexibility index (Phi) is 5.37. The van der Waals surface area contributed by atoms with E-state index in [-0.39, 0.29) is 17.9 Å². The minimum atomic E-state index is -0.0161. The van der Waals surface area contributed by atoms with Crippen molar-refractivity contribution in [2.24, 2.45) is 5.92 Å². The lowest BCUT2D eigenvalue weighted by molar-refractivity contribution is -0.125. The second-order valence-electron chi connectivity index (χ2n) is 6.72. The minimum absolute atomic E-state index is 0.0161. The van der Waals surface area contributed by atoms with Gasteiger partial charge in [0.25, 0.3) is 0 Å². The molecule has 2 heterocycles. The molecule has 1 amide bonds. The highest BCUT2D eigenvalue weighted by Crippen LogP contribution is 2.39. The Morgan fingerprint density at radius 2 is 2.12 bits per heavy atom. The zero-order chi connectivity index (χ0) is 17.8. The summed E-state index contributed by atoms with van der Waals surface area (Å²) in [6, 6.07) is 10.2. The van der Waals surface area contributed by atoms with E-state index in [1.54, 1.807) is 6.20 Å². The number of carbonyl (C=O) groups excluding carboxylic acids is 1. The van der Waals surface area contributed by atoms with E-state index in [0.29, 0.717) is 6.54 Å². The number of pyridine rings is 1. The van der Waals surface area contributed by atoms with Gasteiger partial charge in [0.1, 0.15) is 11.9 Å². The molecule has 0 saturated heterocycles. The van der Waals surface area contributed by atoms with Crippen LogP contribution >= 0.6 is 0 Å². The van der Waals surface area contributed by atoms with Crippen molar-refractivity contribution in [2.75, 3.05) is 6.54 Å². The Bertz CT molecular complexity index is 739. The van der Waals surface area contributed by atoms with Crippen molar-refractivity contribution in [3.63, 3.8) is 0 Å². The predicted molar refractivity (Wildman–Crippen MR) is 99.6 cm³/mol. The van der Waals surface area contributed by atoms with Gasteiger partial charge >= 0.3 is 0 Å². The van der Waals surface area contributed by atoms with Crippen molar-refractivity contribution in [2.45, 2.75) is 46.1 Å². The highest BCUT2D eigenvalue weighted by Gasteiger charge is 2.27.